The van der Waals surface area contributed by atoms with Gasteiger partial charge in [0.05, 0.1) is 11.4 Å². The Hall–Kier alpha value is -2.32. The van der Waals surface area contributed by atoms with Crippen molar-refractivity contribution in [2.75, 3.05) is 20.1 Å². The van der Waals surface area contributed by atoms with Crippen LogP contribution in [0.25, 0.3) is 0 Å². The van der Waals surface area contributed by atoms with Gasteiger partial charge in [0.1, 0.15) is 5.82 Å². The maximum Gasteiger partial charge on any atom is 0.241 e. The van der Waals surface area contributed by atoms with Crippen LogP contribution >= 0.6 is 0 Å². The number of sulfonamides is 1. The third kappa shape index (κ3) is 5.10. The molecule has 2 rings (SSSR count). The molecule has 24 heavy (non-hydrogen) atoms. The van der Waals surface area contributed by atoms with Gasteiger partial charge in [-0.25, -0.2) is 17.5 Å². The number of rotatable bonds is 7. The Bertz CT molecular complexity index is 780. The summed E-state index contributed by atoms with van der Waals surface area (Å²) in [5.74, 6) is -0.879. The van der Waals surface area contributed by atoms with E-state index in [0.717, 1.165) is 29.8 Å². The van der Waals surface area contributed by atoms with Crippen molar-refractivity contribution in [1.29, 1.82) is 0 Å². The highest BCUT2D eigenvalue weighted by Crippen LogP contribution is 2.09. The van der Waals surface area contributed by atoms with E-state index in [-0.39, 0.29) is 17.3 Å². The molecule has 0 bridgehead atoms. The third-order valence-corrected chi connectivity index (χ3v) is 4.87. The molecule has 0 radical (unpaired) electrons. The number of likely N-dealkylation sites (N-methyl/N-ethyl adjacent to an activating group) is 1. The standard InChI is InChI=1S/C16H18FN3O3S/c1-20(11-8-13-6-9-18-10-7-13)16(21)12-19-24(22,23)15-4-2-14(17)3-5-15/h2-7,9-10,19H,8,11-12H2,1H3. The van der Waals surface area contributed by atoms with E-state index >= 15 is 0 Å². The van der Waals surface area contributed by atoms with Crippen LogP contribution in [-0.4, -0.2) is 44.3 Å². The van der Waals surface area contributed by atoms with E-state index in [9.17, 15) is 17.6 Å². The number of hydrogen-bond acceptors (Lipinski definition) is 4. The second kappa shape index (κ2) is 7.98. The van der Waals surface area contributed by atoms with Crippen molar-refractivity contribution in [3.8, 4) is 0 Å². The first-order chi connectivity index (χ1) is 11.4. The second-order valence-electron chi connectivity index (χ2n) is 5.20. The fraction of sp³-hybridized carbons (Fsp3) is 0.250. The maximum atomic E-state index is 12.8. The van der Waals surface area contributed by atoms with Crippen LogP contribution in [0.4, 0.5) is 4.39 Å². The van der Waals surface area contributed by atoms with Crippen molar-refractivity contribution in [1.82, 2.24) is 14.6 Å². The van der Waals surface area contributed by atoms with Gasteiger partial charge in [-0.3, -0.25) is 9.78 Å². The number of hydrogen-bond donors (Lipinski definition) is 1. The fourth-order valence-corrected chi connectivity index (χ4v) is 2.93. The van der Waals surface area contributed by atoms with Crippen LogP contribution in [0.15, 0.2) is 53.7 Å². The summed E-state index contributed by atoms with van der Waals surface area (Å²) in [6, 6.07) is 8.12. The molecule has 6 nitrogen and oxygen atoms in total. The molecule has 8 heteroatoms. The van der Waals surface area contributed by atoms with Crippen LogP contribution in [0.1, 0.15) is 5.56 Å². The summed E-state index contributed by atoms with van der Waals surface area (Å²) >= 11 is 0. The molecule has 1 aromatic heterocycles. The Morgan fingerprint density at radius 2 is 1.79 bits per heavy atom. The lowest BCUT2D eigenvalue weighted by molar-refractivity contribution is -0.128. The number of benzene rings is 1. The molecule has 0 aliphatic carbocycles. The lowest BCUT2D eigenvalue weighted by atomic mass is 10.2. The highest BCUT2D eigenvalue weighted by atomic mass is 32.2. The van der Waals surface area contributed by atoms with Gasteiger partial charge < -0.3 is 4.90 Å². The molecule has 0 saturated carbocycles. The number of carbonyl (C=O) groups excluding carboxylic acids is 1. The Kier molecular flexibility index (Phi) is 5.99. The van der Waals surface area contributed by atoms with Gasteiger partial charge in [0.15, 0.2) is 0 Å². The van der Waals surface area contributed by atoms with Gasteiger partial charge in [-0.1, -0.05) is 0 Å². The van der Waals surface area contributed by atoms with Crippen molar-refractivity contribution in [2.45, 2.75) is 11.3 Å². The van der Waals surface area contributed by atoms with Crippen molar-refractivity contribution in [3.63, 3.8) is 0 Å². The number of carbonyl (C=O) groups is 1. The van der Waals surface area contributed by atoms with E-state index in [2.05, 4.69) is 9.71 Å². The number of nitrogens with one attached hydrogen (secondary N) is 1. The average Bonchev–Trinajstić information content (AvgIpc) is 2.59. The van der Waals surface area contributed by atoms with Gasteiger partial charge in [0.25, 0.3) is 0 Å². The topological polar surface area (TPSA) is 79.4 Å². The Labute approximate surface area is 140 Å². The van der Waals surface area contributed by atoms with E-state index in [1.54, 1.807) is 19.4 Å². The molecule has 0 aliphatic heterocycles. The first-order valence-corrected chi connectivity index (χ1v) is 8.75. The number of pyridine rings is 1. The van der Waals surface area contributed by atoms with Gasteiger partial charge in [-0.2, -0.15) is 0 Å². The Morgan fingerprint density at radius 3 is 2.42 bits per heavy atom. The molecule has 1 heterocycles. The summed E-state index contributed by atoms with van der Waals surface area (Å²) < 4.78 is 39.1. The lowest BCUT2D eigenvalue weighted by Crippen LogP contribution is -2.38. The van der Waals surface area contributed by atoms with Crippen LogP contribution in [0, 0.1) is 5.82 Å². The largest absolute Gasteiger partial charge is 0.344 e. The molecule has 2 aromatic rings. The number of aromatic nitrogens is 1. The molecule has 0 unspecified atom stereocenters. The minimum atomic E-state index is -3.85. The van der Waals surface area contributed by atoms with Crippen LogP contribution in [0.2, 0.25) is 0 Å². The highest BCUT2D eigenvalue weighted by molar-refractivity contribution is 7.89. The summed E-state index contributed by atoms with van der Waals surface area (Å²) in [5.41, 5.74) is 1.04. The van der Waals surface area contributed by atoms with E-state index in [1.807, 2.05) is 12.1 Å². The predicted octanol–water partition coefficient (Wildman–Crippen LogP) is 1.20. The molecule has 1 N–H and O–H groups in total. The van der Waals surface area contributed by atoms with Crippen LogP contribution in [0.5, 0.6) is 0 Å². The zero-order valence-corrected chi connectivity index (χ0v) is 14.0. The molecule has 128 valence electrons. The quantitative estimate of drug-likeness (QED) is 0.813. The summed E-state index contributed by atoms with van der Waals surface area (Å²) in [7, 11) is -2.24. The molecule has 0 fully saturated rings. The number of nitrogens with zero attached hydrogens (tertiary/aromatic N) is 2. The summed E-state index contributed by atoms with van der Waals surface area (Å²) in [6.07, 6.45) is 4.00. The maximum absolute atomic E-state index is 12.8. The van der Waals surface area contributed by atoms with Crippen LogP contribution < -0.4 is 4.72 Å². The summed E-state index contributed by atoms with van der Waals surface area (Å²) in [4.78, 5) is 17.3. The third-order valence-electron chi connectivity index (χ3n) is 3.45. The summed E-state index contributed by atoms with van der Waals surface area (Å²) in [6.45, 7) is 0.105. The van der Waals surface area contributed by atoms with Gasteiger partial charge in [-0.15, -0.1) is 0 Å². The molecular weight excluding hydrogens is 333 g/mol. The first kappa shape index (κ1) is 18.0. The molecule has 0 spiro atoms. The van der Waals surface area contributed by atoms with Crippen molar-refractivity contribution in [3.05, 3.63) is 60.2 Å². The second-order valence-corrected chi connectivity index (χ2v) is 6.97. The fourth-order valence-electron chi connectivity index (χ4n) is 1.96. The van der Waals surface area contributed by atoms with E-state index < -0.39 is 15.8 Å². The van der Waals surface area contributed by atoms with Gasteiger partial charge in [0, 0.05) is 26.0 Å². The molecule has 1 aromatic carbocycles. The van der Waals surface area contributed by atoms with Gasteiger partial charge in [-0.05, 0) is 48.4 Å². The smallest absolute Gasteiger partial charge is 0.241 e. The van der Waals surface area contributed by atoms with Crippen LogP contribution in [-0.2, 0) is 21.2 Å². The normalized spacial score (nSPS) is 11.2. The molecule has 0 saturated heterocycles. The first-order valence-electron chi connectivity index (χ1n) is 7.26. The van der Waals surface area contributed by atoms with Crippen LogP contribution in [0.3, 0.4) is 0 Å². The van der Waals surface area contributed by atoms with Crippen molar-refractivity contribution < 1.29 is 17.6 Å². The lowest BCUT2D eigenvalue weighted by Gasteiger charge is -2.17. The minimum Gasteiger partial charge on any atom is -0.344 e. The molecule has 1 amide bonds. The van der Waals surface area contributed by atoms with Crippen molar-refractivity contribution >= 4 is 15.9 Å². The Morgan fingerprint density at radius 1 is 1.17 bits per heavy atom. The molecular formula is C16H18FN3O3S. The van der Waals surface area contributed by atoms with E-state index in [4.69, 9.17) is 0 Å². The highest BCUT2D eigenvalue weighted by Gasteiger charge is 2.17. The van der Waals surface area contributed by atoms with Crippen molar-refractivity contribution in [2.24, 2.45) is 0 Å². The van der Waals surface area contributed by atoms with Gasteiger partial charge >= 0.3 is 0 Å². The number of amides is 1. The average molecular weight is 351 g/mol. The molecule has 0 aliphatic rings. The zero-order chi connectivity index (χ0) is 17.6. The minimum absolute atomic E-state index is 0.0869. The van der Waals surface area contributed by atoms with E-state index in [1.165, 1.54) is 4.90 Å². The van der Waals surface area contributed by atoms with E-state index in [0.29, 0.717) is 13.0 Å². The SMILES string of the molecule is CN(CCc1ccncc1)C(=O)CNS(=O)(=O)c1ccc(F)cc1. The predicted molar refractivity (Wildman–Crippen MR) is 87.2 cm³/mol. The zero-order valence-electron chi connectivity index (χ0n) is 13.1. The van der Waals surface area contributed by atoms with Gasteiger partial charge in [0.2, 0.25) is 15.9 Å². The monoisotopic (exact) mass is 351 g/mol. The Balaban J connectivity index is 1.86. The molecule has 0 atom stereocenters. The number of halogens is 1. The summed E-state index contributed by atoms with van der Waals surface area (Å²) in [5, 5.41) is 0.